The summed E-state index contributed by atoms with van der Waals surface area (Å²) in [7, 11) is 1.85. The van der Waals surface area contributed by atoms with Gasteiger partial charge < -0.3 is 0 Å². The van der Waals surface area contributed by atoms with Crippen LogP contribution < -0.4 is 11.1 Å². The highest BCUT2D eigenvalue weighted by atomic mass is 35.5. The molecule has 0 unspecified atom stereocenters. The van der Waals surface area contributed by atoms with Gasteiger partial charge in [0.2, 0.25) is 0 Å². The molecule has 0 bridgehead atoms. The van der Waals surface area contributed by atoms with Gasteiger partial charge in [-0.3, -0.25) is 5.01 Å². The van der Waals surface area contributed by atoms with Gasteiger partial charge in [0.05, 0.1) is 17.4 Å². The van der Waals surface area contributed by atoms with E-state index in [1.807, 2.05) is 19.2 Å². The van der Waals surface area contributed by atoms with Crippen LogP contribution in [0.5, 0.6) is 0 Å². The summed E-state index contributed by atoms with van der Waals surface area (Å²) in [5, 5.41) is 10.7. The van der Waals surface area contributed by atoms with Gasteiger partial charge in [-0.15, -0.1) is 10.6 Å². The second-order valence-corrected chi connectivity index (χ2v) is 4.86. The molecule has 0 aliphatic carbocycles. The van der Waals surface area contributed by atoms with Crippen LogP contribution in [-0.4, -0.2) is 27.7 Å². The molecule has 1 aliphatic heterocycles. The fourth-order valence-corrected chi connectivity index (χ4v) is 2.33. The Bertz CT molecular complexity index is 645. The average molecular weight is 291 g/mol. The van der Waals surface area contributed by atoms with Gasteiger partial charge in [0.25, 0.3) is 0 Å². The van der Waals surface area contributed by atoms with Crippen molar-refractivity contribution in [2.24, 2.45) is 5.10 Å². The minimum absolute atomic E-state index is 0.533. The summed E-state index contributed by atoms with van der Waals surface area (Å²) in [6, 6.07) is 8.18. The Morgan fingerprint density at radius 3 is 2.60 bits per heavy atom. The molecule has 0 amide bonds. The lowest BCUT2D eigenvalue weighted by atomic mass is 10.1. The summed E-state index contributed by atoms with van der Waals surface area (Å²) < 4.78 is 1.70. The van der Waals surface area contributed by atoms with Crippen LogP contribution in [0.3, 0.4) is 0 Å². The summed E-state index contributed by atoms with van der Waals surface area (Å²) in [5.74, 6) is 0.700. The summed E-state index contributed by atoms with van der Waals surface area (Å²) in [6.45, 7) is 2.13. The van der Waals surface area contributed by atoms with Gasteiger partial charge in [0, 0.05) is 7.05 Å². The SMILES string of the molecule is CCc1ccc(-n2ncc(C3=NNNN3C)c2Cl)cc1. The lowest BCUT2D eigenvalue weighted by molar-refractivity contribution is 0.349. The molecule has 3 rings (SSSR count). The number of nitrogens with zero attached hydrogens (tertiary/aromatic N) is 4. The van der Waals surface area contributed by atoms with Crippen molar-refractivity contribution in [3.63, 3.8) is 0 Å². The van der Waals surface area contributed by atoms with E-state index in [4.69, 9.17) is 11.6 Å². The number of aryl methyl sites for hydroxylation is 1. The first-order valence-corrected chi connectivity index (χ1v) is 6.73. The highest BCUT2D eigenvalue weighted by Gasteiger charge is 2.21. The summed E-state index contributed by atoms with van der Waals surface area (Å²) in [6.07, 6.45) is 2.72. The van der Waals surface area contributed by atoms with Crippen LogP contribution in [0.4, 0.5) is 0 Å². The highest BCUT2D eigenvalue weighted by molar-refractivity contribution is 6.33. The van der Waals surface area contributed by atoms with Crippen LogP contribution in [0, 0.1) is 0 Å². The zero-order valence-electron chi connectivity index (χ0n) is 11.3. The molecule has 1 aromatic heterocycles. The van der Waals surface area contributed by atoms with Crippen LogP contribution in [0.25, 0.3) is 5.69 Å². The van der Waals surface area contributed by atoms with Crippen molar-refractivity contribution in [1.29, 1.82) is 0 Å². The minimum Gasteiger partial charge on any atom is -0.274 e. The van der Waals surface area contributed by atoms with Gasteiger partial charge in [-0.05, 0) is 24.1 Å². The number of halogens is 1. The number of hydrogen-bond donors (Lipinski definition) is 2. The molecular formula is C13H15ClN6. The Morgan fingerprint density at radius 2 is 2.00 bits per heavy atom. The molecule has 2 heterocycles. The number of nitrogens with one attached hydrogen (secondary N) is 2. The van der Waals surface area contributed by atoms with Crippen LogP contribution in [-0.2, 0) is 6.42 Å². The maximum Gasteiger partial charge on any atom is 0.177 e. The average Bonchev–Trinajstić information content (AvgIpc) is 3.05. The molecule has 0 atom stereocenters. The summed E-state index contributed by atoms with van der Waals surface area (Å²) in [5.41, 5.74) is 8.51. The third-order valence-electron chi connectivity index (χ3n) is 3.24. The first kappa shape index (κ1) is 13.0. The highest BCUT2D eigenvalue weighted by Crippen LogP contribution is 2.22. The van der Waals surface area contributed by atoms with E-state index in [-0.39, 0.29) is 0 Å². The van der Waals surface area contributed by atoms with Gasteiger partial charge in [0.15, 0.2) is 5.84 Å². The lowest BCUT2D eigenvalue weighted by Crippen LogP contribution is -2.37. The quantitative estimate of drug-likeness (QED) is 0.903. The Hall–Kier alpha value is -2.05. The topological polar surface area (TPSA) is 57.5 Å². The number of amidine groups is 1. The minimum atomic E-state index is 0.533. The number of rotatable bonds is 3. The second kappa shape index (κ2) is 5.15. The maximum absolute atomic E-state index is 6.42. The third kappa shape index (κ3) is 2.13. The Labute approximate surface area is 122 Å². The van der Waals surface area contributed by atoms with E-state index in [2.05, 4.69) is 40.3 Å². The molecule has 6 nitrogen and oxygen atoms in total. The molecule has 0 spiro atoms. The predicted octanol–water partition coefficient (Wildman–Crippen LogP) is 1.70. The van der Waals surface area contributed by atoms with Crippen molar-refractivity contribution in [3.05, 3.63) is 46.7 Å². The second-order valence-electron chi connectivity index (χ2n) is 4.50. The predicted molar refractivity (Wildman–Crippen MR) is 78.5 cm³/mol. The molecule has 0 saturated heterocycles. The van der Waals surface area contributed by atoms with Crippen molar-refractivity contribution in [3.8, 4) is 5.69 Å². The molecule has 104 valence electrons. The molecule has 1 aromatic carbocycles. The zero-order valence-corrected chi connectivity index (χ0v) is 12.0. The van der Waals surface area contributed by atoms with Crippen LogP contribution >= 0.6 is 11.6 Å². The number of hydrogen-bond acceptors (Lipinski definition) is 5. The Morgan fingerprint density at radius 1 is 1.25 bits per heavy atom. The smallest absolute Gasteiger partial charge is 0.177 e. The number of hydrazone groups is 1. The van der Waals surface area contributed by atoms with E-state index < -0.39 is 0 Å². The van der Waals surface area contributed by atoms with Crippen molar-refractivity contribution < 1.29 is 0 Å². The fraction of sp³-hybridized carbons (Fsp3) is 0.231. The first-order chi connectivity index (χ1) is 9.70. The molecular weight excluding hydrogens is 276 g/mol. The van der Waals surface area contributed by atoms with Gasteiger partial charge in [-0.1, -0.05) is 30.7 Å². The number of hydrazine groups is 2. The summed E-state index contributed by atoms with van der Waals surface area (Å²) in [4.78, 5) is 0. The van der Waals surface area contributed by atoms with Crippen LogP contribution in [0.1, 0.15) is 18.1 Å². The van der Waals surface area contributed by atoms with E-state index in [0.717, 1.165) is 17.7 Å². The lowest BCUT2D eigenvalue weighted by Gasteiger charge is -2.11. The molecule has 0 radical (unpaired) electrons. The third-order valence-corrected chi connectivity index (χ3v) is 3.60. The van der Waals surface area contributed by atoms with Crippen LogP contribution in [0.2, 0.25) is 5.15 Å². The molecule has 20 heavy (non-hydrogen) atoms. The van der Waals surface area contributed by atoms with Crippen molar-refractivity contribution in [1.82, 2.24) is 25.9 Å². The first-order valence-electron chi connectivity index (χ1n) is 6.36. The standard InChI is InChI=1S/C13H15ClN6/c1-3-9-4-6-10(7-5-9)20-12(14)11(8-15-20)13-16-17-18-19(13)2/h4-8,17-18H,3H2,1-2H3. The van der Waals surface area contributed by atoms with Gasteiger partial charge in [-0.25, -0.2) is 10.2 Å². The monoisotopic (exact) mass is 290 g/mol. The molecule has 2 N–H and O–H groups in total. The maximum atomic E-state index is 6.42. The summed E-state index contributed by atoms with van der Waals surface area (Å²) >= 11 is 6.42. The zero-order chi connectivity index (χ0) is 14.1. The molecule has 1 aliphatic rings. The number of aromatic nitrogens is 2. The van der Waals surface area contributed by atoms with Gasteiger partial charge >= 0.3 is 0 Å². The number of benzene rings is 1. The van der Waals surface area contributed by atoms with E-state index in [1.54, 1.807) is 15.9 Å². The molecule has 0 saturated carbocycles. The van der Waals surface area contributed by atoms with Crippen molar-refractivity contribution in [2.75, 3.05) is 7.05 Å². The van der Waals surface area contributed by atoms with Crippen LogP contribution in [0.15, 0.2) is 35.6 Å². The Kier molecular flexibility index (Phi) is 3.33. The van der Waals surface area contributed by atoms with Gasteiger partial charge in [0.1, 0.15) is 5.15 Å². The van der Waals surface area contributed by atoms with Gasteiger partial charge in [-0.2, -0.15) is 5.10 Å². The Balaban J connectivity index is 1.97. The molecule has 7 heteroatoms. The molecule has 2 aromatic rings. The van der Waals surface area contributed by atoms with E-state index in [9.17, 15) is 0 Å². The van der Waals surface area contributed by atoms with Crippen molar-refractivity contribution in [2.45, 2.75) is 13.3 Å². The normalized spacial score (nSPS) is 14.3. The van der Waals surface area contributed by atoms with E-state index in [0.29, 0.717) is 11.0 Å². The largest absolute Gasteiger partial charge is 0.274 e. The van der Waals surface area contributed by atoms with E-state index in [1.165, 1.54) is 5.56 Å². The molecule has 0 fully saturated rings. The van der Waals surface area contributed by atoms with Crippen molar-refractivity contribution >= 4 is 17.4 Å². The fourth-order valence-electron chi connectivity index (χ4n) is 2.06. The van der Waals surface area contributed by atoms with E-state index >= 15 is 0 Å².